The summed E-state index contributed by atoms with van der Waals surface area (Å²) in [6.45, 7) is 0.656. The Morgan fingerprint density at radius 2 is 2.08 bits per heavy atom. The molecule has 122 valence electrons. The number of rotatable bonds is 1. The van der Waals surface area contributed by atoms with Crippen molar-refractivity contribution in [3.63, 3.8) is 0 Å². The maximum Gasteiger partial charge on any atom is 0.241 e. The highest BCUT2D eigenvalue weighted by molar-refractivity contribution is 5.88. The number of hydrogen-bond acceptors (Lipinski definition) is 3. The second-order valence-electron chi connectivity index (χ2n) is 6.45. The molecular weight excluding hydrogens is 305 g/mol. The van der Waals surface area contributed by atoms with Crippen LogP contribution < -0.4 is 0 Å². The van der Waals surface area contributed by atoms with Gasteiger partial charge in [-0.2, -0.15) is 9.65 Å². The van der Waals surface area contributed by atoms with Crippen molar-refractivity contribution in [2.75, 3.05) is 6.61 Å². The minimum Gasteiger partial charge on any atom is -0.356 e. The van der Waals surface area contributed by atoms with E-state index in [9.17, 15) is 9.65 Å². The Morgan fingerprint density at radius 1 is 1.21 bits per heavy atom. The van der Waals surface area contributed by atoms with Crippen LogP contribution in [0, 0.1) is 35.0 Å². The van der Waals surface area contributed by atoms with E-state index in [0.717, 1.165) is 32.1 Å². The van der Waals surface area contributed by atoms with Crippen molar-refractivity contribution >= 4 is 10.9 Å². The van der Waals surface area contributed by atoms with Gasteiger partial charge in [0.15, 0.2) is 6.23 Å². The van der Waals surface area contributed by atoms with Crippen LogP contribution in [0.5, 0.6) is 0 Å². The van der Waals surface area contributed by atoms with E-state index in [4.69, 9.17) is 4.74 Å². The first-order chi connectivity index (χ1) is 11.8. The summed E-state index contributed by atoms with van der Waals surface area (Å²) in [6.07, 6.45) is 6.04. The normalized spacial score (nSPS) is 20.9. The summed E-state index contributed by atoms with van der Waals surface area (Å²) in [5, 5.41) is 13.8. The molecule has 2 fully saturated rings. The van der Waals surface area contributed by atoms with Gasteiger partial charge in [-0.3, -0.25) is 0 Å². The third kappa shape index (κ3) is 2.56. The molecule has 1 unspecified atom stereocenters. The first kappa shape index (κ1) is 15.2. The minimum atomic E-state index is -0.622. The topological polar surface area (TPSA) is 50.8 Å². The molecule has 0 amide bonds. The fourth-order valence-electron chi connectivity index (χ4n) is 3.28. The molecule has 1 aromatic carbocycles. The number of benzene rings is 1. The summed E-state index contributed by atoms with van der Waals surface area (Å²) in [6, 6.07) is 5.72. The highest BCUT2D eigenvalue weighted by atomic mass is 19.1. The van der Waals surface area contributed by atoms with Crippen LogP contribution in [-0.4, -0.2) is 16.4 Å². The van der Waals surface area contributed by atoms with Crippen molar-refractivity contribution in [1.29, 1.82) is 5.26 Å². The highest BCUT2D eigenvalue weighted by Gasteiger charge is 2.23. The Labute approximate surface area is 140 Å². The first-order valence-electron chi connectivity index (χ1n) is 8.52. The van der Waals surface area contributed by atoms with Gasteiger partial charge < -0.3 is 4.74 Å². The van der Waals surface area contributed by atoms with Crippen molar-refractivity contribution in [2.24, 2.45) is 5.92 Å². The SMILES string of the molecule is N#Cc1c(C#CC2CCC2)ccc2c1c(F)nn2C1CCCCO1. The second-order valence-corrected chi connectivity index (χ2v) is 6.45. The van der Waals surface area contributed by atoms with E-state index in [1.807, 2.05) is 0 Å². The third-order valence-corrected chi connectivity index (χ3v) is 4.89. The lowest BCUT2D eigenvalue weighted by Crippen LogP contribution is -2.19. The molecule has 4 rings (SSSR count). The Bertz CT molecular complexity index is 874. The summed E-state index contributed by atoms with van der Waals surface area (Å²) in [7, 11) is 0. The van der Waals surface area contributed by atoms with Gasteiger partial charge in [-0.25, -0.2) is 4.68 Å². The predicted octanol–water partition coefficient (Wildman–Crippen LogP) is 3.90. The van der Waals surface area contributed by atoms with Gasteiger partial charge in [0.2, 0.25) is 5.95 Å². The number of nitrogens with zero attached hydrogens (tertiary/aromatic N) is 3. The molecule has 0 N–H and O–H groups in total. The van der Waals surface area contributed by atoms with Gasteiger partial charge in [-0.05, 0) is 44.2 Å². The standard InChI is InChI=1S/C19H18FN3O/c20-19-18-15(12-21)14(8-7-13-4-3-5-13)9-10-16(18)23(22-19)17-6-1-2-11-24-17/h9-10,13,17H,1-6,11H2. The lowest BCUT2D eigenvalue weighted by atomic mass is 9.86. The van der Waals surface area contributed by atoms with E-state index >= 15 is 0 Å². The van der Waals surface area contributed by atoms with Crippen LogP contribution in [0.4, 0.5) is 4.39 Å². The summed E-state index contributed by atoms with van der Waals surface area (Å²) < 4.78 is 21.8. The molecule has 1 saturated heterocycles. The molecule has 2 aliphatic rings. The van der Waals surface area contributed by atoms with E-state index < -0.39 is 5.95 Å². The van der Waals surface area contributed by atoms with Gasteiger partial charge in [0.05, 0.1) is 16.5 Å². The number of aromatic nitrogens is 2. The zero-order valence-corrected chi connectivity index (χ0v) is 13.4. The van der Waals surface area contributed by atoms with Crippen LogP contribution in [0.1, 0.15) is 55.9 Å². The van der Waals surface area contributed by atoms with Gasteiger partial charge in [-0.15, -0.1) is 5.10 Å². The van der Waals surface area contributed by atoms with Crippen molar-refractivity contribution in [3.05, 3.63) is 29.2 Å². The quantitative estimate of drug-likeness (QED) is 0.748. The number of fused-ring (bicyclic) bond motifs is 1. The summed E-state index contributed by atoms with van der Waals surface area (Å²) in [5.74, 6) is 6.05. The monoisotopic (exact) mass is 323 g/mol. The zero-order valence-electron chi connectivity index (χ0n) is 13.4. The van der Waals surface area contributed by atoms with Gasteiger partial charge in [-0.1, -0.05) is 18.3 Å². The van der Waals surface area contributed by atoms with Crippen molar-refractivity contribution in [2.45, 2.75) is 44.8 Å². The van der Waals surface area contributed by atoms with Crippen LogP contribution in [0.2, 0.25) is 0 Å². The lowest BCUT2D eigenvalue weighted by Gasteiger charge is -2.23. The predicted molar refractivity (Wildman–Crippen MR) is 87.5 cm³/mol. The van der Waals surface area contributed by atoms with Gasteiger partial charge in [0, 0.05) is 18.1 Å². The van der Waals surface area contributed by atoms with Gasteiger partial charge in [0.1, 0.15) is 6.07 Å². The molecule has 1 aliphatic heterocycles. The molecule has 1 saturated carbocycles. The first-order valence-corrected chi connectivity index (χ1v) is 8.52. The van der Waals surface area contributed by atoms with Crippen LogP contribution in [0.25, 0.3) is 10.9 Å². The molecule has 0 spiro atoms. The smallest absolute Gasteiger partial charge is 0.241 e. The van der Waals surface area contributed by atoms with Crippen LogP contribution >= 0.6 is 0 Å². The molecule has 4 nitrogen and oxygen atoms in total. The van der Waals surface area contributed by atoms with E-state index in [1.54, 1.807) is 16.8 Å². The number of nitriles is 1. The third-order valence-electron chi connectivity index (χ3n) is 4.89. The number of hydrogen-bond donors (Lipinski definition) is 0. The fraction of sp³-hybridized carbons (Fsp3) is 0.474. The highest BCUT2D eigenvalue weighted by Crippen LogP contribution is 2.31. The molecule has 1 atom stereocenters. The average Bonchev–Trinajstić information content (AvgIpc) is 2.91. The van der Waals surface area contributed by atoms with Crippen LogP contribution in [0.15, 0.2) is 12.1 Å². The number of halogens is 1. The Balaban J connectivity index is 1.79. The minimum absolute atomic E-state index is 0.257. The zero-order chi connectivity index (χ0) is 16.5. The number of ether oxygens (including phenoxy) is 1. The van der Waals surface area contributed by atoms with E-state index in [2.05, 4.69) is 23.0 Å². The average molecular weight is 323 g/mol. The second kappa shape index (κ2) is 6.26. The van der Waals surface area contributed by atoms with Crippen molar-refractivity contribution in [1.82, 2.24) is 9.78 Å². The summed E-state index contributed by atoms with van der Waals surface area (Å²) in [4.78, 5) is 0. The largest absolute Gasteiger partial charge is 0.356 e. The Morgan fingerprint density at radius 3 is 2.75 bits per heavy atom. The van der Waals surface area contributed by atoms with Crippen LogP contribution in [0.3, 0.4) is 0 Å². The van der Waals surface area contributed by atoms with Crippen molar-refractivity contribution in [3.8, 4) is 17.9 Å². The molecule has 1 aromatic heterocycles. The maximum absolute atomic E-state index is 14.5. The van der Waals surface area contributed by atoms with Crippen LogP contribution in [-0.2, 0) is 4.74 Å². The van der Waals surface area contributed by atoms with E-state index in [1.165, 1.54) is 6.42 Å². The van der Waals surface area contributed by atoms with Gasteiger partial charge >= 0.3 is 0 Å². The maximum atomic E-state index is 14.5. The molecule has 24 heavy (non-hydrogen) atoms. The van der Waals surface area contributed by atoms with Gasteiger partial charge in [0.25, 0.3) is 0 Å². The molecule has 2 heterocycles. The fourth-order valence-corrected chi connectivity index (χ4v) is 3.28. The Hall–Kier alpha value is -2.37. The summed E-state index contributed by atoms with van der Waals surface area (Å²) in [5.41, 5.74) is 1.46. The molecule has 5 heteroatoms. The molecule has 2 aromatic rings. The van der Waals surface area contributed by atoms with E-state index in [-0.39, 0.29) is 17.2 Å². The summed E-state index contributed by atoms with van der Waals surface area (Å²) >= 11 is 0. The molecule has 0 radical (unpaired) electrons. The Kier molecular flexibility index (Phi) is 3.96. The van der Waals surface area contributed by atoms with E-state index in [0.29, 0.717) is 23.6 Å². The molecular formula is C19H18FN3O. The van der Waals surface area contributed by atoms with Crippen molar-refractivity contribution < 1.29 is 9.13 Å². The molecule has 0 bridgehead atoms. The lowest BCUT2D eigenvalue weighted by molar-refractivity contribution is -0.0375. The molecule has 1 aliphatic carbocycles.